The van der Waals surface area contributed by atoms with Gasteiger partial charge in [-0.1, -0.05) is 24.6 Å². The van der Waals surface area contributed by atoms with Crippen molar-refractivity contribution in [1.82, 2.24) is 14.9 Å². The standard InChI is InChI=1S/C26H30ClN3O3S.C2H2/c1-3-18(7-5-12-27)24-16-21-25(34-24)26(31)30(17-29-21)20-10-11-22(23(15-20)32-2)33-14-6-13-28-19-8-4-9-19;1-2/h3,5,7,10-11,15-17,19,28H,4,6,8-9,12-14H2,1-2H3;1-2H/b7-5-,18-3+;. The van der Waals surface area contributed by atoms with Crippen LogP contribution >= 0.6 is 22.9 Å². The maximum Gasteiger partial charge on any atom is 0.275 e. The quantitative estimate of drug-likeness (QED) is 0.148. The highest BCUT2D eigenvalue weighted by atomic mass is 35.5. The van der Waals surface area contributed by atoms with Crippen molar-refractivity contribution >= 4 is 38.7 Å². The number of fused-ring (bicyclic) bond motifs is 1. The van der Waals surface area contributed by atoms with E-state index >= 15 is 0 Å². The van der Waals surface area contributed by atoms with Crippen molar-refractivity contribution in [3.63, 3.8) is 0 Å². The first kappa shape index (κ1) is 27.5. The molecule has 8 heteroatoms. The lowest BCUT2D eigenvalue weighted by Gasteiger charge is -2.26. The molecule has 6 nitrogen and oxygen atoms in total. The largest absolute Gasteiger partial charge is 0.493 e. The fraction of sp³-hybridized carbons (Fsp3) is 0.357. The van der Waals surface area contributed by atoms with Gasteiger partial charge in [0.25, 0.3) is 5.56 Å². The van der Waals surface area contributed by atoms with Gasteiger partial charge >= 0.3 is 0 Å². The molecule has 4 rings (SSSR count). The molecule has 0 bridgehead atoms. The van der Waals surface area contributed by atoms with E-state index in [1.165, 1.54) is 30.6 Å². The average Bonchev–Trinajstić information content (AvgIpc) is 3.32. The lowest BCUT2D eigenvalue weighted by Crippen LogP contribution is -2.36. The summed E-state index contributed by atoms with van der Waals surface area (Å²) in [5, 5.41) is 3.54. The van der Waals surface area contributed by atoms with Gasteiger partial charge in [0.05, 0.1) is 24.9 Å². The van der Waals surface area contributed by atoms with Crippen LogP contribution in [0.4, 0.5) is 0 Å². The predicted octanol–water partition coefficient (Wildman–Crippen LogP) is 5.81. The van der Waals surface area contributed by atoms with Gasteiger partial charge in [0.1, 0.15) is 11.0 Å². The van der Waals surface area contributed by atoms with Crippen LogP contribution in [-0.2, 0) is 0 Å². The molecule has 1 fully saturated rings. The van der Waals surface area contributed by atoms with E-state index in [2.05, 4.69) is 23.1 Å². The molecule has 0 spiro atoms. The van der Waals surface area contributed by atoms with Gasteiger partial charge in [0, 0.05) is 22.9 Å². The van der Waals surface area contributed by atoms with Crippen LogP contribution < -0.4 is 20.3 Å². The van der Waals surface area contributed by atoms with Crippen molar-refractivity contribution < 1.29 is 9.47 Å². The number of benzene rings is 1. The van der Waals surface area contributed by atoms with Crippen LogP contribution in [0, 0.1) is 12.8 Å². The van der Waals surface area contributed by atoms with Crippen molar-refractivity contribution in [3.05, 3.63) is 64.1 Å². The van der Waals surface area contributed by atoms with Crippen LogP contribution in [0.5, 0.6) is 11.5 Å². The van der Waals surface area contributed by atoms with E-state index in [1.807, 2.05) is 49.4 Å². The number of halogens is 1. The van der Waals surface area contributed by atoms with Crippen LogP contribution in [0.1, 0.15) is 37.5 Å². The third kappa shape index (κ3) is 6.58. The van der Waals surface area contributed by atoms with Crippen LogP contribution in [-0.4, -0.2) is 41.7 Å². The summed E-state index contributed by atoms with van der Waals surface area (Å²) in [6.45, 7) is 3.52. The Balaban J connectivity index is 0.00000176. The highest BCUT2D eigenvalue weighted by Gasteiger charge is 2.16. The summed E-state index contributed by atoms with van der Waals surface area (Å²) in [5.74, 6) is 1.69. The Morgan fingerprint density at radius 1 is 1.31 bits per heavy atom. The number of hydrogen-bond acceptors (Lipinski definition) is 6. The maximum absolute atomic E-state index is 13.3. The number of aromatic nitrogens is 2. The zero-order valence-electron chi connectivity index (χ0n) is 20.7. The second-order valence-electron chi connectivity index (χ2n) is 8.16. The molecule has 0 unspecified atom stereocenters. The second kappa shape index (κ2) is 13.9. The Kier molecular flexibility index (Phi) is 10.6. The fourth-order valence-electron chi connectivity index (χ4n) is 3.83. The predicted molar refractivity (Wildman–Crippen MR) is 151 cm³/mol. The lowest BCUT2D eigenvalue weighted by molar-refractivity contribution is 0.275. The smallest absolute Gasteiger partial charge is 0.275 e. The maximum atomic E-state index is 13.3. The molecule has 1 N–H and O–H groups in total. The van der Waals surface area contributed by atoms with E-state index < -0.39 is 0 Å². The van der Waals surface area contributed by atoms with E-state index in [0.717, 1.165) is 23.4 Å². The van der Waals surface area contributed by atoms with Crippen molar-refractivity contribution in [3.8, 4) is 30.0 Å². The Morgan fingerprint density at radius 3 is 2.78 bits per heavy atom. The Bertz CT molecular complexity index is 1290. The number of allylic oxidation sites excluding steroid dienone is 4. The van der Waals surface area contributed by atoms with Gasteiger partial charge in [-0.15, -0.1) is 35.8 Å². The topological polar surface area (TPSA) is 65.4 Å². The molecule has 36 heavy (non-hydrogen) atoms. The minimum atomic E-state index is -0.115. The average molecular weight is 526 g/mol. The summed E-state index contributed by atoms with van der Waals surface area (Å²) in [6, 6.07) is 8.14. The van der Waals surface area contributed by atoms with Gasteiger partial charge in [0.2, 0.25) is 0 Å². The highest BCUT2D eigenvalue weighted by molar-refractivity contribution is 7.20. The molecule has 0 radical (unpaired) electrons. The van der Waals surface area contributed by atoms with Gasteiger partial charge in [-0.05, 0) is 56.5 Å². The summed E-state index contributed by atoms with van der Waals surface area (Å²) >= 11 is 7.21. The van der Waals surface area contributed by atoms with Crippen molar-refractivity contribution in [2.45, 2.75) is 38.6 Å². The van der Waals surface area contributed by atoms with Crippen LogP contribution in [0.25, 0.3) is 21.5 Å². The SMILES string of the molecule is C#C.C/C=C(\C=C/CCl)c1cc2ncn(-c3ccc(OCCCNC4CCC4)c(OC)c3)c(=O)c2s1. The first-order valence-corrected chi connectivity index (χ1v) is 13.3. The Hall–Kier alpha value is -3.05. The number of alkyl halides is 1. The number of terminal acetylenes is 1. The summed E-state index contributed by atoms with van der Waals surface area (Å²) in [7, 11) is 1.60. The van der Waals surface area contributed by atoms with Crippen molar-refractivity contribution in [1.29, 1.82) is 0 Å². The third-order valence-electron chi connectivity index (χ3n) is 5.96. The molecule has 1 aliphatic carbocycles. The summed E-state index contributed by atoms with van der Waals surface area (Å²) in [6.07, 6.45) is 20.2. The number of nitrogens with zero attached hydrogens (tertiary/aromatic N) is 2. The van der Waals surface area contributed by atoms with Gasteiger partial charge in [-0.2, -0.15) is 0 Å². The van der Waals surface area contributed by atoms with E-state index in [1.54, 1.807) is 18.0 Å². The monoisotopic (exact) mass is 525 g/mol. The minimum Gasteiger partial charge on any atom is -0.493 e. The molecule has 3 aromatic rings. The molecule has 0 saturated heterocycles. The number of ether oxygens (including phenoxy) is 2. The molecule has 1 aromatic carbocycles. The second-order valence-corrected chi connectivity index (χ2v) is 9.53. The lowest BCUT2D eigenvalue weighted by atomic mass is 9.93. The zero-order valence-corrected chi connectivity index (χ0v) is 22.3. The molecule has 2 aromatic heterocycles. The van der Waals surface area contributed by atoms with E-state index in [0.29, 0.717) is 45.9 Å². The molecular weight excluding hydrogens is 494 g/mol. The molecule has 1 saturated carbocycles. The number of methoxy groups -OCH3 is 1. The van der Waals surface area contributed by atoms with Crippen molar-refractivity contribution in [2.75, 3.05) is 26.1 Å². The van der Waals surface area contributed by atoms with Gasteiger partial charge < -0.3 is 14.8 Å². The summed E-state index contributed by atoms with van der Waals surface area (Å²) < 4.78 is 13.6. The first-order valence-electron chi connectivity index (χ1n) is 11.9. The summed E-state index contributed by atoms with van der Waals surface area (Å²) in [4.78, 5) is 18.8. The van der Waals surface area contributed by atoms with E-state index in [9.17, 15) is 4.79 Å². The minimum absolute atomic E-state index is 0.115. The van der Waals surface area contributed by atoms with Crippen LogP contribution in [0.3, 0.4) is 0 Å². The zero-order chi connectivity index (χ0) is 25.9. The number of rotatable bonds is 11. The Morgan fingerprint density at radius 2 is 2.11 bits per heavy atom. The fourth-order valence-corrected chi connectivity index (χ4v) is 5.01. The summed E-state index contributed by atoms with van der Waals surface area (Å²) in [5.41, 5.74) is 2.26. The van der Waals surface area contributed by atoms with E-state index in [-0.39, 0.29) is 5.56 Å². The molecule has 190 valence electrons. The normalized spacial score (nSPS) is 13.9. The van der Waals surface area contributed by atoms with Crippen LogP contribution in [0.15, 0.2) is 53.6 Å². The number of nitrogens with one attached hydrogen (secondary N) is 1. The van der Waals surface area contributed by atoms with Gasteiger partial charge in [0.15, 0.2) is 11.5 Å². The van der Waals surface area contributed by atoms with Crippen LogP contribution in [0.2, 0.25) is 0 Å². The third-order valence-corrected chi connectivity index (χ3v) is 7.30. The van der Waals surface area contributed by atoms with Crippen molar-refractivity contribution in [2.24, 2.45) is 0 Å². The number of thiophene rings is 1. The van der Waals surface area contributed by atoms with Gasteiger partial charge in [-0.25, -0.2) is 4.98 Å². The molecule has 0 aliphatic heterocycles. The van der Waals surface area contributed by atoms with Gasteiger partial charge in [-0.3, -0.25) is 9.36 Å². The molecule has 2 heterocycles. The molecular formula is C28H32ClN3O3S. The first-order chi connectivity index (χ1) is 17.6. The van der Waals surface area contributed by atoms with E-state index in [4.69, 9.17) is 21.1 Å². The number of hydrogen-bond donors (Lipinski definition) is 1. The molecule has 0 amide bonds. The molecule has 0 atom stereocenters. The molecule has 1 aliphatic rings. The Labute approximate surface area is 221 Å². The highest BCUT2D eigenvalue weighted by Crippen LogP contribution is 2.31.